The monoisotopic (exact) mass is 344 g/mol. The molecule has 8 nitrogen and oxygen atoms in total. The van der Waals surface area contributed by atoms with Crippen LogP contribution in [0, 0.1) is 6.92 Å². The first-order valence-electron chi connectivity index (χ1n) is 7.46. The summed E-state index contributed by atoms with van der Waals surface area (Å²) in [5.41, 5.74) is 8.10. The van der Waals surface area contributed by atoms with Crippen molar-refractivity contribution in [2.75, 3.05) is 18.1 Å². The van der Waals surface area contributed by atoms with Crippen molar-refractivity contribution in [3.8, 4) is 11.3 Å². The fourth-order valence-corrected chi connectivity index (χ4v) is 2.89. The highest BCUT2D eigenvalue weighted by Gasteiger charge is 2.19. The lowest BCUT2D eigenvalue weighted by atomic mass is 10.2. The summed E-state index contributed by atoms with van der Waals surface area (Å²) in [4.78, 5) is 12.7. The molecule has 0 radical (unpaired) electrons. The smallest absolute Gasteiger partial charge is 0.321 e. The number of nitrogens with two attached hydrogens (primary N) is 1. The van der Waals surface area contributed by atoms with Crippen molar-refractivity contribution in [2.45, 2.75) is 13.5 Å². The summed E-state index contributed by atoms with van der Waals surface area (Å²) in [6.45, 7) is -1.19. The summed E-state index contributed by atoms with van der Waals surface area (Å²) in [5.74, 6) is 0.852. The number of anilines is 2. The molecule has 4 rings (SSSR count). The number of nitrogens with one attached hydrogen (secondary N) is 1. The highest BCUT2D eigenvalue weighted by molar-refractivity contribution is 5.89. The van der Waals surface area contributed by atoms with Gasteiger partial charge in [-0.3, -0.25) is 4.57 Å². The van der Waals surface area contributed by atoms with Gasteiger partial charge < -0.3 is 11.1 Å². The molecule has 0 aliphatic rings. The Morgan fingerprint density at radius 2 is 1.96 bits per heavy atom. The van der Waals surface area contributed by atoms with E-state index < -0.39 is 6.55 Å². The number of aromatic nitrogens is 6. The lowest BCUT2D eigenvalue weighted by Gasteiger charge is -2.07. The van der Waals surface area contributed by atoms with Crippen molar-refractivity contribution in [1.29, 1.82) is 0 Å². The number of imidazole rings is 1. The van der Waals surface area contributed by atoms with Crippen LogP contribution >= 0.6 is 0 Å². The second-order valence-electron chi connectivity index (χ2n) is 5.44. The van der Waals surface area contributed by atoms with E-state index in [1.54, 1.807) is 36.0 Å². The average Bonchev–Trinajstić information content (AvgIpc) is 3.13. The van der Waals surface area contributed by atoms with Gasteiger partial charge in [-0.1, -0.05) is 0 Å². The number of aryl methyl sites for hydroxylation is 1. The minimum Gasteiger partial charge on any atom is -0.371 e. The Morgan fingerprint density at radius 1 is 1.16 bits per heavy atom. The molecule has 3 N–H and O–H groups in total. The molecule has 0 saturated carbocycles. The van der Waals surface area contributed by atoms with E-state index in [4.69, 9.17) is 5.73 Å². The minimum atomic E-state index is -2.71. The number of nitrogen functional groups attached to an aromatic ring is 1. The molecule has 0 atom stereocenters. The van der Waals surface area contributed by atoms with Gasteiger partial charge in [-0.2, -0.15) is 13.8 Å². The molecule has 0 bridgehead atoms. The van der Waals surface area contributed by atoms with Gasteiger partial charge in [0.05, 0.1) is 5.69 Å². The first-order chi connectivity index (χ1) is 12.0. The number of pyridine rings is 1. The first-order valence-corrected chi connectivity index (χ1v) is 7.46. The van der Waals surface area contributed by atoms with Crippen LogP contribution in [0.1, 0.15) is 12.4 Å². The normalized spacial score (nSPS) is 11.7. The van der Waals surface area contributed by atoms with Crippen molar-refractivity contribution >= 4 is 28.4 Å². The molecule has 128 valence electrons. The van der Waals surface area contributed by atoms with Crippen LogP contribution in [0.5, 0.6) is 0 Å². The molecule has 0 saturated heterocycles. The average molecular weight is 344 g/mol. The van der Waals surface area contributed by atoms with E-state index >= 15 is 0 Å². The number of halogens is 2. The Balaban J connectivity index is 1.99. The fourth-order valence-electron chi connectivity index (χ4n) is 2.89. The lowest BCUT2D eigenvalue weighted by Crippen LogP contribution is -2.05. The van der Waals surface area contributed by atoms with Gasteiger partial charge in [-0.05, 0) is 25.1 Å². The highest BCUT2D eigenvalue weighted by Crippen LogP contribution is 2.30. The van der Waals surface area contributed by atoms with Gasteiger partial charge in [0.25, 0.3) is 0 Å². The van der Waals surface area contributed by atoms with E-state index in [1.807, 2.05) is 0 Å². The summed E-state index contributed by atoms with van der Waals surface area (Å²) in [6, 6.07) is 5.19. The van der Waals surface area contributed by atoms with Gasteiger partial charge in [-0.15, -0.1) is 5.10 Å². The topological polar surface area (TPSA) is 99.0 Å². The number of nitrogens with zero attached hydrogens (tertiary/aromatic N) is 6. The Labute approximate surface area is 140 Å². The number of fused-ring (bicyclic) bond motifs is 2. The van der Waals surface area contributed by atoms with Gasteiger partial charge in [0.15, 0.2) is 11.5 Å². The van der Waals surface area contributed by atoms with Crippen molar-refractivity contribution < 1.29 is 8.78 Å². The van der Waals surface area contributed by atoms with E-state index in [9.17, 15) is 8.78 Å². The molecule has 0 fully saturated rings. The maximum atomic E-state index is 13.3. The third-order valence-corrected chi connectivity index (χ3v) is 3.95. The van der Waals surface area contributed by atoms with Crippen LogP contribution in [0.2, 0.25) is 0 Å². The molecular formula is C15H14F2N8. The lowest BCUT2D eigenvalue weighted by molar-refractivity contribution is 0.0719. The zero-order chi connectivity index (χ0) is 17.7. The van der Waals surface area contributed by atoms with Crippen molar-refractivity contribution in [3.63, 3.8) is 0 Å². The molecule has 10 heteroatoms. The second-order valence-corrected chi connectivity index (χ2v) is 5.44. The van der Waals surface area contributed by atoms with Crippen molar-refractivity contribution in [2.24, 2.45) is 0 Å². The second kappa shape index (κ2) is 5.36. The van der Waals surface area contributed by atoms with E-state index in [-0.39, 0.29) is 17.4 Å². The van der Waals surface area contributed by atoms with Crippen LogP contribution in [0.15, 0.2) is 24.4 Å². The number of alkyl halides is 2. The number of hydrogen-bond donors (Lipinski definition) is 2. The molecule has 0 unspecified atom stereocenters. The fraction of sp³-hybridized carbons (Fsp3) is 0.200. The van der Waals surface area contributed by atoms with Gasteiger partial charge in [-0.25, -0.2) is 14.5 Å². The zero-order valence-electron chi connectivity index (χ0n) is 13.4. The first kappa shape index (κ1) is 15.2. The Morgan fingerprint density at radius 3 is 2.68 bits per heavy atom. The predicted molar refractivity (Wildman–Crippen MR) is 89.5 cm³/mol. The summed E-state index contributed by atoms with van der Waals surface area (Å²) in [5, 5.41) is 7.08. The molecule has 4 heterocycles. The number of hydrogen-bond acceptors (Lipinski definition) is 6. The summed E-state index contributed by atoms with van der Waals surface area (Å²) >= 11 is 0. The molecule has 0 aliphatic heterocycles. The third kappa shape index (κ3) is 2.25. The number of rotatable bonds is 3. The molecule has 25 heavy (non-hydrogen) atoms. The zero-order valence-corrected chi connectivity index (χ0v) is 13.4. The van der Waals surface area contributed by atoms with E-state index in [0.29, 0.717) is 28.1 Å². The van der Waals surface area contributed by atoms with Gasteiger partial charge in [0, 0.05) is 18.8 Å². The summed E-state index contributed by atoms with van der Waals surface area (Å²) in [7, 11) is 1.71. The van der Waals surface area contributed by atoms with E-state index in [0.717, 1.165) is 4.57 Å². The molecule has 0 spiro atoms. The molecule has 0 aliphatic carbocycles. The van der Waals surface area contributed by atoms with Crippen molar-refractivity contribution in [3.05, 3.63) is 30.2 Å². The highest BCUT2D eigenvalue weighted by atomic mass is 19.3. The maximum Gasteiger partial charge on any atom is 0.321 e. The minimum absolute atomic E-state index is 0.119. The molecule has 4 aromatic heterocycles. The molecular weight excluding hydrogens is 330 g/mol. The molecule has 0 aromatic carbocycles. The SMILES string of the molecule is CNc1nc(N)nn2ccc(-c3ccc4nc(C)n(C(F)F)c4n3)c12. The van der Waals surface area contributed by atoms with Crippen LogP contribution in [0.25, 0.3) is 27.9 Å². The predicted octanol–water partition coefficient (Wildman–Crippen LogP) is 2.47. The largest absolute Gasteiger partial charge is 0.371 e. The summed E-state index contributed by atoms with van der Waals surface area (Å²) < 4.78 is 29.0. The quantitative estimate of drug-likeness (QED) is 0.592. The molecule has 4 aromatic rings. The van der Waals surface area contributed by atoms with Crippen LogP contribution in [0.3, 0.4) is 0 Å². The van der Waals surface area contributed by atoms with Crippen LogP contribution in [-0.4, -0.2) is 36.2 Å². The maximum absolute atomic E-state index is 13.3. The standard InChI is InChI=1S/C15H14F2N8/c1-7-20-10-4-3-9(21-13(10)25(7)14(16)17)8-5-6-24-11(8)12(19-2)22-15(18)23-24/h3-6,14H,1-2H3,(H3,18,19,22,23). The third-order valence-electron chi connectivity index (χ3n) is 3.95. The summed E-state index contributed by atoms with van der Waals surface area (Å²) in [6.07, 6.45) is 1.71. The van der Waals surface area contributed by atoms with Gasteiger partial charge >= 0.3 is 6.55 Å². The van der Waals surface area contributed by atoms with Gasteiger partial charge in [0.1, 0.15) is 16.9 Å². The van der Waals surface area contributed by atoms with E-state index in [2.05, 4.69) is 25.4 Å². The van der Waals surface area contributed by atoms with Crippen molar-refractivity contribution in [1.82, 2.24) is 29.1 Å². The Kier molecular flexibility index (Phi) is 3.27. The van der Waals surface area contributed by atoms with Crippen LogP contribution in [-0.2, 0) is 0 Å². The van der Waals surface area contributed by atoms with Crippen LogP contribution in [0.4, 0.5) is 20.5 Å². The molecule has 0 amide bonds. The van der Waals surface area contributed by atoms with E-state index in [1.165, 1.54) is 6.92 Å². The Bertz CT molecular complexity index is 1100. The Hall–Kier alpha value is -3.30. The van der Waals surface area contributed by atoms with Gasteiger partial charge in [0.2, 0.25) is 5.95 Å². The van der Waals surface area contributed by atoms with Crippen LogP contribution < -0.4 is 11.1 Å².